The number of primary amides is 1. The predicted octanol–water partition coefficient (Wildman–Crippen LogP) is 3.66. The van der Waals surface area contributed by atoms with Crippen molar-refractivity contribution in [1.82, 2.24) is 19.8 Å². The van der Waals surface area contributed by atoms with Gasteiger partial charge < -0.3 is 25.8 Å². The summed E-state index contributed by atoms with van der Waals surface area (Å²) in [7, 11) is 0. The van der Waals surface area contributed by atoms with Crippen LogP contribution in [0.25, 0.3) is 0 Å². The molecular formula is C22H26Cl3N7O2. The maximum atomic E-state index is 12.9. The highest BCUT2D eigenvalue weighted by molar-refractivity contribution is 6.35. The van der Waals surface area contributed by atoms with Crippen molar-refractivity contribution < 1.29 is 9.59 Å². The minimum atomic E-state index is -0.475. The van der Waals surface area contributed by atoms with Crippen LogP contribution in [0.3, 0.4) is 0 Å². The van der Waals surface area contributed by atoms with Crippen molar-refractivity contribution in [3.05, 3.63) is 45.0 Å². The molecule has 2 atom stereocenters. The minimum absolute atomic E-state index is 0.0662. The fraction of sp³-hybridized carbons (Fsp3) is 0.455. The summed E-state index contributed by atoms with van der Waals surface area (Å²) in [4.78, 5) is 38.6. The Bertz CT molecular complexity index is 1080. The standard InChI is InChI=1S/C22H26Cl3N7O2/c1-13(16-3-2-15(23)10-17(16)24)28-19-18(25)11-27-22(29-19)31-8-6-30(7-9-31)20(33)14-4-5-32(12-14)21(26)34/h2-3,10-11,13-14H,4-9,12H2,1H3,(H2,26,34)(H,27,28,29)/t13-,14+/m1/s1. The van der Waals surface area contributed by atoms with E-state index in [0.29, 0.717) is 72.5 Å². The number of carbonyl (C=O) groups is 2. The Hall–Kier alpha value is -2.49. The molecule has 2 aliphatic rings. The highest BCUT2D eigenvalue weighted by atomic mass is 35.5. The molecule has 2 aromatic rings. The summed E-state index contributed by atoms with van der Waals surface area (Å²) < 4.78 is 0. The number of nitrogens with zero attached hydrogens (tertiary/aromatic N) is 5. The molecule has 3 amide bonds. The SMILES string of the molecule is C[C@@H](Nc1nc(N2CCN(C(=O)[C@H]3CCN(C(N)=O)C3)CC2)ncc1Cl)c1ccc(Cl)cc1Cl. The Morgan fingerprint density at radius 3 is 2.47 bits per heavy atom. The van der Waals surface area contributed by atoms with Crippen LogP contribution in [0.2, 0.25) is 15.1 Å². The average molecular weight is 527 g/mol. The summed E-state index contributed by atoms with van der Waals surface area (Å²) in [5, 5.41) is 4.82. The molecule has 12 heteroatoms. The predicted molar refractivity (Wildman–Crippen MR) is 134 cm³/mol. The molecule has 34 heavy (non-hydrogen) atoms. The average Bonchev–Trinajstić information content (AvgIpc) is 3.31. The number of aromatic nitrogens is 2. The Balaban J connectivity index is 1.38. The van der Waals surface area contributed by atoms with Crippen LogP contribution in [0.1, 0.15) is 24.9 Å². The van der Waals surface area contributed by atoms with E-state index >= 15 is 0 Å². The summed E-state index contributed by atoms with van der Waals surface area (Å²) in [5.41, 5.74) is 6.21. The third-order valence-corrected chi connectivity index (χ3v) is 7.08. The van der Waals surface area contributed by atoms with Gasteiger partial charge in [-0.2, -0.15) is 4.98 Å². The van der Waals surface area contributed by atoms with Crippen LogP contribution in [-0.4, -0.2) is 71.0 Å². The molecule has 0 aliphatic carbocycles. The maximum absolute atomic E-state index is 12.9. The van der Waals surface area contributed by atoms with E-state index in [1.807, 2.05) is 22.8 Å². The molecule has 3 N–H and O–H groups in total. The second kappa shape index (κ2) is 10.4. The number of piperazine rings is 1. The van der Waals surface area contributed by atoms with Crippen LogP contribution >= 0.6 is 34.8 Å². The second-order valence-corrected chi connectivity index (χ2v) is 9.73. The number of urea groups is 1. The van der Waals surface area contributed by atoms with E-state index in [9.17, 15) is 9.59 Å². The van der Waals surface area contributed by atoms with E-state index in [1.165, 1.54) is 4.90 Å². The molecule has 3 heterocycles. The van der Waals surface area contributed by atoms with E-state index in [2.05, 4.69) is 15.3 Å². The van der Waals surface area contributed by atoms with Crippen LogP contribution in [0.15, 0.2) is 24.4 Å². The minimum Gasteiger partial charge on any atom is -0.362 e. The largest absolute Gasteiger partial charge is 0.362 e. The normalized spacial score (nSPS) is 19.3. The first-order valence-electron chi connectivity index (χ1n) is 11.0. The van der Waals surface area contributed by atoms with Gasteiger partial charge in [-0.1, -0.05) is 40.9 Å². The van der Waals surface area contributed by atoms with Crippen molar-refractivity contribution in [2.75, 3.05) is 49.5 Å². The lowest BCUT2D eigenvalue weighted by molar-refractivity contribution is -0.135. The van der Waals surface area contributed by atoms with Gasteiger partial charge in [-0.05, 0) is 31.0 Å². The van der Waals surface area contributed by atoms with E-state index < -0.39 is 6.03 Å². The van der Waals surface area contributed by atoms with Gasteiger partial charge in [0.2, 0.25) is 11.9 Å². The van der Waals surface area contributed by atoms with Crippen LogP contribution in [0.4, 0.5) is 16.6 Å². The summed E-state index contributed by atoms with van der Waals surface area (Å²) >= 11 is 18.7. The number of carbonyl (C=O) groups excluding carboxylic acids is 2. The van der Waals surface area contributed by atoms with Crippen molar-refractivity contribution in [3.8, 4) is 0 Å². The third kappa shape index (κ3) is 5.42. The number of rotatable bonds is 5. The molecule has 2 saturated heterocycles. The van der Waals surface area contributed by atoms with E-state index in [0.717, 1.165) is 5.56 Å². The zero-order valence-electron chi connectivity index (χ0n) is 18.7. The van der Waals surface area contributed by atoms with Crippen LogP contribution in [0.5, 0.6) is 0 Å². The van der Waals surface area contributed by atoms with Crippen molar-refractivity contribution >= 4 is 58.5 Å². The number of amides is 3. The van der Waals surface area contributed by atoms with Gasteiger partial charge in [0.1, 0.15) is 5.02 Å². The van der Waals surface area contributed by atoms with Crippen LogP contribution in [-0.2, 0) is 4.79 Å². The highest BCUT2D eigenvalue weighted by Crippen LogP contribution is 2.31. The first-order chi connectivity index (χ1) is 16.2. The highest BCUT2D eigenvalue weighted by Gasteiger charge is 2.34. The molecule has 0 saturated carbocycles. The third-order valence-electron chi connectivity index (χ3n) is 6.24. The molecule has 1 aromatic carbocycles. The number of anilines is 2. The zero-order chi connectivity index (χ0) is 24.4. The van der Waals surface area contributed by atoms with Gasteiger partial charge in [-0.3, -0.25) is 4.79 Å². The summed E-state index contributed by atoms with van der Waals surface area (Å²) in [6, 6.07) is 4.71. The van der Waals surface area contributed by atoms with E-state index in [4.69, 9.17) is 40.5 Å². The van der Waals surface area contributed by atoms with Crippen LogP contribution < -0.4 is 16.0 Å². The van der Waals surface area contributed by atoms with Gasteiger partial charge in [0.15, 0.2) is 5.82 Å². The van der Waals surface area contributed by atoms with Crippen molar-refractivity contribution in [2.24, 2.45) is 11.7 Å². The number of nitrogens with two attached hydrogens (primary N) is 1. The topological polar surface area (TPSA) is 108 Å². The number of benzene rings is 1. The number of halogens is 3. The molecular weight excluding hydrogens is 501 g/mol. The quantitative estimate of drug-likeness (QED) is 0.616. The molecule has 9 nitrogen and oxygen atoms in total. The lowest BCUT2D eigenvalue weighted by atomic mass is 10.1. The maximum Gasteiger partial charge on any atom is 0.314 e. The summed E-state index contributed by atoms with van der Waals surface area (Å²) in [5.74, 6) is 0.912. The van der Waals surface area contributed by atoms with Gasteiger partial charge in [-0.25, -0.2) is 9.78 Å². The second-order valence-electron chi connectivity index (χ2n) is 8.48. The smallest absolute Gasteiger partial charge is 0.314 e. The van der Waals surface area contributed by atoms with E-state index in [1.54, 1.807) is 18.3 Å². The molecule has 0 bridgehead atoms. The van der Waals surface area contributed by atoms with Crippen molar-refractivity contribution in [1.29, 1.82) is 0 Å². The molecule has 2 aliphatic heterocycles. The van der Waals surface area contributed by atoms with Crippen LogP contribution in [0, 0.1) is 5.92 Å². The Morgan fingerprint density at radius 2 is 1.82 bits per heavy atom. The number of likely N-dealkylation sites (tertiary alicyclic amines) is 1. The molecule has 0 unspecified atom stereocenters. The van der Waals surface area contributed by atoms with Gasteiger partial charge in [0, 0.05) is 49.3 Å². The van der Waals surface area contributed by atoms with Gasteiger partial charge in [0.25, 0.3) is 0 Å². The first kappa shape index (κ1) is 24.6. The molecule has 0 spiro atoms. The van der Waals surface area contributed by atoms with Gasteiger partial charge in [0.05, 0.1) is 18.2 Å². The Labute approximate surface area is 213 Å². The number of hydrogen-bond donors (Lipinski definition) is 2. The molecule has 4 rings (SSSR count). The van der Waals surface area contributed by atoms with Crippen molar-refractivity contribution in [2.45, 2.75) is 19.4 Å². The number of nitrogens with one attached hydrogen (secondary N) is 1. The van der Waals surface area contributed by atoms with E-state index in [-0.39, 0.29) is 17.9 Å². The summed E-state index contributed by atoms with van der Waals surface area (Å²) in [6.07, 6.45) is 2.21. The Kier molecular flexibility index (Phi) is 7.54. The van der Waals surface area contributed by atoms with Gasteiger partial charge in [-0.15, -0.1) is 0 Å². The molecule has 0 radical (unpaired) electrons. The zero-order valence-corrected chi connectivity index (χ0v) is 20.9. The molecule has 1 aromatic heterocycles. The fourth-order valence-electron chi connectivity index (χ4n) is 4.29. The Morgan fingerprint density at radius 1 is 1.09 bits per heavy atom. The monoisotopic (exact) mass is 525 g/mol. The number of hydrogen-bond acceptors (Lipinski definition) is 6. The molecule has 2 fully saturated rings. The lowest BCUT2D eigenvalue weighted by Gasteiger charge is -2.36. The summed E-state index contributed by atoms with van der Waals surface area (Å²) in [6.45, 7) is 5.17. The first-order valence-corrected chi connectivity index (χ1v) is 12.2. The van der Waals surface area contributed by atoms with Crippen molar-refractivity contribution in [3.63, 3.8) is 0 Å². The van der Waals surface area contributed by atoms with Gasteiger partial charge >= 0.3 is 6.03 Å². The lowest BCUT2D eigenvalue weighted by Crippen LogP contribution is -2.51. The fourth-order valence-corrected chi connectivity index (χ4v) is 5.01. The molecule has 182 valence electrons.